The van der Waals surface area contributed by atoms with E-state index in [1.807, 2.05) is 18.2 Å². The first-order valence-corrected chi connectivity index (χ1v) is 13.9. The number of carbonyl (C=O) groups is 1. The minimum Gasteiger partial charge on any atom is -0.495 e. The third-order valence-electron chi connectivity index (χ3n) is 6.23. The van der Waals surface area contributed by atoms with Crippen LogP contribution in [0.5, 0.6) is 5.75 Å². The lowest BCUT2D eigenvalue weighted by Crippen LogP contribution is -2.38. The second kappa shape index (κ2) is 11.1. The molecule has 1 N–H and O–H groups in total. The summed E-state index contributed by atoms with van der Waals surface area (Å²) in [7, 11) is -3.01. The number of amides is 1. The number of methoxy groups -OCH3 is 1. The van der Waals surface area contributed by atoms with Gasteiger partial charge in [0.2, 0.25) is 0 Å². The number of nitrogens with zero attached hydrogens (tertiary/aromatic N) is 2. The predicted octanol–water partition coefficient (Wildman–Crippen LogP) is 5.84. The lowest BCUT2D eigenvalue weighted by Gasteiger charge is -2.32. The number of likely N-dealkylation sites (tertiary alicyclic amines) is 1. The zero-order valence-corrected chi connectivity index (χ0v) is 22.8. The average molecular weight is 609 g/mol. The molecule has 12 heteroatoms. The molecule has 0 aliphatic carbocycles. The Hall–Kier alpha value is -3.15. The van der Waals surface area contributed by atoms with Crippen molar-refractivity contribution in [2.24, 2.45) is 0 Å². The molecule has 3 aromatic rings. The van der Waals surface area contributed by atoms with Crippen molar-refractivity contribution < 1.29 is 22.9 Å². The van der Waals surface area contributed by atoms with Gasteiger partial charge in [-0.1, -0.05) is 45.7 Å². The van der Waals surface area contributed by atoms with Gasteiger partial charge in [-0.15, -0.1) is 0 Å². The summed E-state index contributed by atoms with van der Waals surface area (Å²) in [5.41, 5.74) is 0.936. The van der Waals surface area contributed by atoms with E-state index in [1.165, 1.54) is 43.0 Å². The van der Waals surface area contributed by atoms with Gasteiger partial charge >= 0.3 is 0 Å². The molecule has 194 valence electrons. The molecule has 1 fully saturated rings. The van der Waals surface area contributed by atoms with E-state index in [2.05, 4.69) is 26.7 Å². The summed E-state index contributed by atoms with van der Waals surface area (Å²) in [6, 6.07) is 15.6. The number of nitro groups is 1. The normalized spacial score (nSPS) is 14.3. The largest absolute Gasteiger partial charge is 0.495 e. The van der Waals surface area contributed by atoms with Gasteiger partial charge in [0.05, 0.1) is 22.7 Å². The van der Waals surface area contributed by atoms with Crippen molar-refractivity contribution in [3.8, 4) is 5.75 Å². The number of ether oxygens (including phenoxy) is 1. The Kier molecular flexibility index (Phi) is 8.05. The van der Waals surface area contributed by atoms with Crippen LogP contribution in [0.1, 0.15) is 34.7 Å². The van der Waals surface area contributed by atoms with Crippen molar-refractivity contribution in [3.63, 3.8) is 0 Å². The number of halogens is 2. The summed E-state index contributed by atoms with van der Waals surface area (Å²) >= 11 is 9.80. The van der Waals surface area contributed by atoms with Gasteiger partial charge in [-0.2, -0.15) is 0 Å². The highest BCUT2D eigenvalue weighted by molar-refractivity contribution is 9.10. The zero-order chi connectivity index (χ0) is 26.7. The molecule has 9 nitrogen and oxygen atoms in total. The molecule has 0 unspecified atom stereocenters. The van der Waals surface area contributed by atoms with Crippen LogP contribution in [0.3, 0.4) is 0 Å². The molecule has 0 bridgehead atoms. The fraction of sp³-hybridized carbons (Fsp3) is 0.240. The van der Waals surface area contributed by atoms with Crippen molar-refractivity contribution in [1.29, 1.82) is 0 Å². The maximum atomic E-state index is 13.2. The Morgan fingerprint density at radius 1 is 1.14 bits per heavy atom. The molecular formula is C25H23BrClN3O6S. The number of benzene rings is 3. The van der Waals surface area contributed by atoms with Crippen LogP contribution in [0.25, 0.3) is 0 Å². The lowest BCUT2D eigenvalue weighted by molar-refractivity contribution is -0.384. The van der Waals surface area contributed by atoms with Crippen LogP contribution in [-0.2, 0) is 10.0 Å². The van der Waals surface area contributed by atoms with Crippen LogP contribution in [0.2, 0.25) is 5.02 Å². The van der Waals surface area contributed by atoms with Gasteiger partial charge < -0.3 is 9.64 Å². The molecule has 1 saturated heterocycles. The van der Waals surface area contributed by atoms with Crippen molar-refractivity contribution >= 4 is 54.8 Å². The smallest absolute Gasteiger partial charge is 0.271 e. The third-order valence-corrected chi connectivity index (χ3v) is 8.80. The molecule has 3 aromatic carbocycles. The highest BCUT2D eigenvalue weighted by atomic mass is 79.9. The van der Waals surface area contributed by atoms with Crippen molar-refractivity contribution in [2.75, 3.05) is 24.9 Å². The second-order valence-corrected chi connectivity index (χ2v) is 11.4. The van der Waals surface area contributed by atoms with Gasteiger partial charge in [-0.3, -0.25) is 19.6 Å². The lowest BCUT2D eigenvalue weighted by atomic mass is 9.89. The highest BCUT2D eigenvalue weighted by Gasteiger charge is 2.28. The number of sulfonamides is 1. The Morgan fingerprint density at radius 2 is 1.84 bits per heavy atom. The van der Waals surface area contributed by atoms with Crippen LogP contribution in [0.4, 0.5) is 11.4 Å². The summed E-state index contributed by atoms with van der Waals surface area (Å²) in [6.07, 6.45) is 1.56. The van der Waals surface area contributed by atoms with Crippen LogP contribution in [0.15, 0.2) is 70.0 Å². The van der Waals surface area contributed by atoms with Crippen molar-refractivity contribution in [1.82, 2.24) is 4.90 Å². The average Bonchev–Trinajstić information content (AvgIpc) is 2.88. The summed E-state index contributed by atoms with van der Waals surface area (Å²) < 4.78 is 34.9. The van der Waals surface area contributed by atoms with Crippen molar-refractivity contribution in [3.05, 3.63) is 91.4 Å². The molecular weight excluding hydrogens is 586 g/mol. The fourth-order valence-corrected chi connectivity index (χ4v) is 6.51. The first-order valence-electron chi connectivity index (χ1n) is 11.3. The quantitative estimate of drug-likeness (QED) is 0.266. The molecule has 1 heterocycles. The molecule has 0 atom stereocenters. The molecule has 0 spiro atoms. The first-order chi connectivity index (χ1) is 17.6. The fourth-order valence-electron chi connectivity index (χ4n) is 4.31. The number of piperidine rings is 1. The minimum atomic E-state index is -4.32. The van der Waals surface area contributed by atoms with E-state index in [9.17, 15) is 23.3 Å². The van der Waals surface area contributed by atoms with E-state index in [0.29, 0.717) is 19.0 Å². The van der Waals surface area contributed by atoms with Crippen LogP contribution in [0, 0.1) is 10.1 Å². The van der Waals surface area contributed by atoms with Gasteiger partial charge in [-0.05, 0) is 54.7 Å². The number of carbonyl (C=O) groups excluding carboxylic acids is 1. The molecule has 1 aliphatic rings. The van der Waals surface area contributed by atoms with E-state index in [0.717, 1.165) is 23.4 Å². The maximum absolute atomic E-state index is 13.2. The Bertz CT molecular complexity index is 1460. The van der Waals surface area contributed by atoms with Crippen LogP contribution < -0.4 is 9.46 Å². The van der Waals surface area contributed by atoms with Gasteiger partial charge in [0, 0.05) is 35.3 Å². The predicted molar refractivity (Wildman–Crippen MR) is 144 cm³/mol. The second-order valence-electron chi connectivity index (χ2n) is 8.48. The van der Waals surface area contributed by atoms with E-state index >= 15 is 0 Å². The van der Waals surface area contributed by atoms with Gasteiger partial charge in [0.1, 0.15) is 10.6 Å². The third kappa shape index (κ3) is 5.89. The maximum Gasteiger partial charge on any atom is 0.271 e. The standard InChI is InChI=1S/C25H23BrClN3O6S/c1-36-23-9-7-18(30(32)33)15-22(23)28-37(34,35)24-14-17(6-8-21(24)27)25(31)29-12-10-16(11-13-29)19-4-2-3-5-20(19)26/h2-9,14-16,28H,10-13H2,1H3. The number of hydrogen-bond acceptors (Lipinski definition) is 6. The molecule has 37 heavy (non-hydrogen) atoms. The highest BCUT2D eigenvalue weighted by Crippen LogP contribution is 2.35. The minimum absolute atomic E-state index is 0.0884. The van der Waals surface area contributed by atoms with E-state index in [4.69, 9.17) is 16.3 Å². The molecule has 0 radical (unpaired) electrons. The number of anilines is 1. The van der Waals surface area contributed by atoms with Crippen LogP contribution >= 0.6 is 27.5 Å². The van der Waals surface area contributed by atoms with Gasteiger partial charge in [0.25, 0.3) is 21.6 Å². The van der Waals surface area contributed by atoms with E-state index < -0.39 is 14.9 Å². The zero-order valence-electron chi connectivity index (χ0n) is 19.7. The monoisotopic (exact) mass is 607 g/mol. The Morgan fingerprint density at radius 3 is 2.49 bits per heavy atom. The van der Waals surface area contributed by atoms with Gasteiger partial charge in [0.15, 0.2) is 0 Å². The summed E-state index contributed by atoms with van der Waals surface area (Å²) in [6.45, 7) is 1.05. The SMILES string of the molecule is COc1ccc([N+](=O)[O-])cc1NS(=O)(=O)c1cc(C(=O)N2CCC(c3ccccc3Br)CC2)ccc1Cl. The Balaban J connectivity index is 1.54. The Labute approximate surface area is 227 Å². The van der Waals surface area contributed by atoms with E-state index in [-0.39, 0.29) is 38.5 Å². The molecule has 1 amide bonds. The van der Waals surface area contributed by atoms with E-state index in [1.54, 1.807) is 4.90 Å². The number of nitrogens with one attached hydrogen (secondary N) is 1. The summed E-state index contributed by atoms with van der Waals surface area (Å²) in [5.74, 6) is 0.104. The number of nitro benzene ring substituents is 1. The molecule has 0 aromatic heterocycles. The molecule has 1 aliphatic heterocycles. The topological polar surface area (TPSA) is 119 Å². The summed E-state index contributed by atoms with van der Waals surface area (Å²) in [5, 5.41) is 11.1. The van der Waals surface area contributed by atoms with Gasteiger partial charge in [-0.25, -0.2) is 8.42 Å². The summed E-state index contributed by atoms with van der Waals surface area (Å²) in [4.78, 5) is 25.1. The number of rotatable bonds is 7. The number of hydrogen-bond donors (Lipinski definition) is 1. The number of non-ortho nitro benzene ring substituents is 1. The van der Waals surface area contributed by atoms with Crippen molar-refractivity contribution in [2.45, 2.75) is 23.7 Å². The molecule has 4 rings (SSSR count). The van der Waals surface area contributed by atoms with Crippen LogP contribution in [-0.4, -0.2) is 44.3 Å². The molecule has 0 saturated carbocycles. The first kappa shape index (κ1) is 26.9.